The zero-order valence-electron chi connectivity index (χ0n) is 8.97. The Hall–Kier alpha value is 0.0800. The van der Waals surface area contributed by atoms with Gasteiger partial charge in [-0.25, -0.2) is 0 Å². The van der Waals surface area contributed by atoms with Gasteiger partial charge in [0.05, 0.1) is 0 Å². The monoisotopic (exact) mass is 290 g/mol. The molecular formula is C12H19I. The van der Waals surface area contributed by atoms with Gasteiger partial charge in [-0.1, -0.05) is 60.6 Å². The molecule has 0 aromatic carbocycles. The van der Waals surface area contributed by atoms with Crippen LogP contribution >= 0.6 is 20.7 Å². The highest BCUT2D eigenvalue weighted by Crippen LogP contribution is 2.40. The second-order valence-corrected chi connectivity index (χ2v) is 6.16. The van der Waals surface area contributed by atoms with E-state index < -0.39 is 0 Å². The van der Waals surface area contributed by atoms with E-state index in [9.17, 15) is 0 Å². The number of hydrogen-bond donors (Lipinski definition) is 0. The maximum absolute atomic E-state index is 2.47. The van der Waals surface area contributed by atoms with Crippen molar-refractivity contribution in [1.29, 1.82) is 0 Å². The predicted octanol–water partition coefficient (Wildman–Crippen LogP) is 4.29. The first-order valence-electron chi connectivity index (χ1n) is 4.93. The van der Waals surface area contributed by atoms with Gasteiger partial charge in [-0.3, -0.25) is 0 Å². The molecule has 0 spiro atoms. The summed E-state index contributed by atoms with van der Waals surface area (Å²) in [6.45, 7) is 9.35. The minimum atomic E-state index is 0.203. The van der Waals surface area contributed by atoms with Crippen LogP contribution < -0.4 is 0 Å². The Kier molecular flexibility index (Phi) is 3.89. The molecule has 74 valence electrons. The Labute approximate surface area is 91.9 Å². The Morgan fingerprint density at radius 2 is 2.15 bits per heavy atom. The molecular weight excluding hydrogens is 271 g/mol. The Morgan fingerprint density at radius 1 is 1.46 bits per heavy atom. The van der Waals surface area contributed by atoms with E-state index in [1.165, 1.54) is 6.42 Å². The standard InChI is InChI=1S/C12H19I/c1-5-12(4,10(2)3)11-7-6-8-13-9-11/h6-10H,5H2,1-4H3. The largest absolute Gasteiger partial charge is 0.0934 e. The van der Waals surface area contributed by atoms with Crippen LogP contribution in [-0.2, 0) is 0 Å². The summed E-state index contributed by atoms with van der Waals surface area (Å²) in [5.41, 5.74) is 1.96. The summed E-state index contributed by atoms with van der Waals surface area (Å²) < 4.78 is 4.79. The van der Waals surface area contributed by atoms with Crippen LogP contribution in [0.1, 0.15) is 34.1 Å². The topological polar surface area (TPSA) is 0 Å². The highest BCUT2D eigenvalue weighted by molar-refractivity contribution is 14.2. The lowest BCUT2D eigenvalue weighted by molar-refractivity contribution is 0.273. The zero-order chi connectivity index (χ0) is 9.90. The first kappa shape index (κ1) is 11.2. The average Bonchev–Trinajstić information content (AvgIpc) is 2.17. The normalized spacial score (nSPS) is 20.8. The van der Waals surface area contributed by atoms with Crippen LogP contribution in [0.5, 0.6) is 0 Å². The minimum Gasteiger partial charge on any atom is -0.0934 e. The van der Waals surface area contributed by atoms with E-state index in [-0.39, 0.29) is 20.7 Å². The molecule has 13 heavy (non-hydrogen) atoms. The Bertz CT molecular complexity index is 258. The summed E-state index contributed by atoms with van der Waals surface area (Å²) in [5, 5.41) is 0. The van der Waals surface area contributed by atoms with Crippen molar-refractivity contribution >= 4 is 24.7 Å². The fourth-order valence-electron chi connectivity index (χ4n) is 1.58. The number of allylic oxidation sites excluding steroid dienone is 3. The summed E-state index contributed by atoms with van der Waals surface area (Å²) in [5.74, 6) is 0.732. The Balaban J connectivity index is 2.95. The highest BCUT2D eigenvalue weighted by Gasteiger charge is 2.29. The summed E-state index contributed by atoms with van der Waals surface area (Å²) in [6.07, 6.45) is 5.77. The smallest absolute Gasteiger partial charge is 0.00505 e. The van der Waals surface area contributed by atoms with Gasteiger partial charge in [0, 0.05) is 0 Å². The van der Waals surface area contributed by atoms with Gasteiger partial charge in [-0.2, -0.15) is 0 Å². The third-order valence-electron chi connectivity index (χ3n) is 3.27. The molecule has 1 unspecified atom stereocenters. The van der Waals surface area contributed by atoms with Crippen molar-refractivity contribution in [2.75, 3.05) is 0 Å². The van der Waals surface area contributed by atoms with Crippen molar-refractivity contribution in [3.8, 4) is 0 Å². The molecule has 0 saturated heterocycles. The molecule has 0 aliphatic carbocycles. The van der Waals surface area contributed by atoms with Crippen LogP contribution in [0.3, 0.4) is 0 Å². The van der Waals surface area contributed by atoms with Crippen LogP contribution in [0, 0.1) is 11.3 Å². The molecule has 0 aromatic heterocycles. The van der Waals surface area contributed by atoms with Gasteiger partial charge in [0.2, 0.25) is 0 Å². The van der Waals surface area contributed by atoms with Crippen molar-refractivity contribution in [3.63, 3.8) is 0 Å². The van der Waals surface area contributed by atoms with Crippen LogP contribution in [0.25, 0.3) is 0 Å². The lowest BCUT2D eigenvalue weighted by Crippen LogP contribution is -2.24. The lowest BCUT2D eigenvalue weighted by Gasteiger charge is -2.34. The highest BCUT2D eigenvalue weighted by atomic mass is 127. The van der Waals surface area contributed by atoms with E-state index >= 15 is 0 Å². The van der Waals surface area contributed by atoms with Crippen molar-refractivity contribution in [2.45, 2.75) is 34.1 Å². The van der Waals surface area contributed by atoms with Gasteiger partial charge >= 0.3 is 0 Å². The zero-order valence-corrected chi connectivity index (χ0v) is 11.1. The molecule has 0 radical (unpaired) electrons. The average molecular weight is 290 g/mol. The maximum atomic E-state index is 2.47. The van der Waals surface area contributed by atoms with Crippen molar-refractivity contribution < 1.29 is 0 Å². The maximum Gasteiger partial charge on any atom is -0.00505 e. The number of rotatable bonds is 3. The summed E-state index contributed by atoms with van der Waals surface area (Å²) in [7, 11) is 0. The molecule has 0 N–H and O–H groups in total. The SMILES string of the molecule is CCC(C)(C1=CI=CC=C1)C(C)C. The van der Waals surface area contributed by atoms with E-state index in [0.717, 1.165) is 5.92 Å². The fourth-order valence-corrected chi connectivity index (χ4v) is 3.54. The first-order chi connectivity index (χ1) is 6.11. The molecule has 0 fully saturated rings. The van der Waals surface area contributed by atoms with E-state index in [1.807, 2.05) is 0 Å². The third kappa shape index (κ3) is 2.30. The third-order valence-corrected chi connectivity index (χ3v) is 5.13. The quantitative estimate of drug-likeness (QED) is 0.680. The van der Waals surface area contributed by atoms with E-state index in [0.29, 0.717) is 5.41 Å². The molecule has 0 amide bonds. The van der Waals surface area contributed by atoms with Crippen molar-refractivity contribution in [2.24, 2.45) is 11.3 Å². The molecule has 0 saturated carbocycles. The number of halogens is 1. The van der Waals surface area contributed by atoms with Crippen LogP contribution in [0.2, 0.25) is 0 Å². The second-order valence-electron chi connectivity index (χ2n) is 4.10. The first-order valence-corrected chi connectivity index (χ1v) is 7.43. The molecule has 1 heteroatoms. The Morgan fingerprint density at radius 3 is 2.54 bits per heavy atom. The summed E-state index contributed by atoms with van der Waals surface area (Å²) in [6, 6.07) is 0. The molecule has 0 bridgehead atoms. The molecule has 1 heterocycles. The van der Waals surface area contributed by atoms with Gasteiger partial charge in [0.25, 0.3) is 0 Å². The van der Waals surface area contributed by atoms with Gasteiger partial charge in [0.1, 0.15) is 0 Å². The summed E-state index contributed by atoms with van der Waals surface area (Å²) in [4.78, 5) is 0. The fraction of sp³-hybridized carbons (Fsp3) is 0.583. The summed E-state index contributed by atoms with van der Waals surface area (Å²) >= 11 is 0.203. The molecule has 1 aliphatic heterocycles. The second kappa shape index (κ2) is 4.54. The van der Waals surface area contributed by atoms with Gasteiger partial charge in [-0.05, 0) is 31.4 Å². The van der Waals surface area contributed by atoms with Crippen LogP contribution in [0.4, 0.5) is 0 Å². The van der Waals surface area contributed by atoms with Crippen molar-refractivity contribution in [3.05, 3.63) is 21.8 Å². The van der Waals surface area contributed by atoms with E-state index in [1.54, 1.807) is 5.57 Å². The molecule has 0 aromatic rings. The minimum absolute atomic E-state index is 0.203. The van der Waals surface area contributed by atoms with E-state index in [2.05, 4.69) is 47.9 Å². The van der Waals surface area contributed by atoms with Gasteiger partial charge in [-0.15, -0.1) is 0 Å². The van der Waals surface area contributed by atoms with Crippen LogP contribution in [-0.4, -0.2) is 4.01 Å². The molecule has 1 atom stereocenters. The molecule has 1 rings (SSSR count). The van der Waals surface area contributed by atoms with Gasteiger partial charge in [0.15, 0.2) is 0 Å². The lowest BCUT2D eigenvalue weighted by atomic mass is 9.71. The predicted molar refractivity (Wildman–Crippen MR) is 70.5 cm³/mol. The van der Waals surface area contributed by atoms with Gasteiger partial charge < -0.3 is 0 Å². The number of hydrogen-bond acceptors (Lipinski definition) is 0. The van der Waals surface area contributed by atoms with Crippen LogP contribution in [0.15, 0.2) is 21.8 Å². The van der Waals surface area contributed by atoms with Crippen molar-refractivity contribution in [1.82, 2.24) is 0 Å². The molecule has 0 nitrogen and oxygen atoms in total. The van der Waals surface area contributed by atoms with E-state index in [4.69, 9.17) is 0 Å². The molecule has 1 aliphatic rings.